The van der Waals surface area contributed by atoms with Crippen LogP contribution in [-0.4, -0.2) is 18.8 Å². The van der Waals surface area contributed by atoms with Crippen molar-refractivity contribution in [1.82, 2.24) is 0 Å². The van der Waals surface area contributed by atoms with E-state index in [1.165, 1.54) is 0 Å². The molecular formula is C23H22N2O3. The van der Waals surface area contributed by atoms with Gasteiger partial charge in [-0.3, -0.25) is 9.59 Å². The molecule has 5 nitrogen and oxygen atoms in total. The molecule has 0 radical (unpaired) electrons. The third-order valence-electron chi connectivity index (χ3n) is 4.34. The summed E-state index contributed by atoms with van der Waals surface area (Å²) in [7, 11) is 0. The first kappa shape index (κ1) is 19.2. The maximum atomic E-state index is 12.3. The number of nitrogens with two attached hydrogens (primary N) is 1. The summed E-state index contributed by atoms with van der Waals surface area (Å²) in [5.74, 6) is 0.406. The molecule has 0 fully saturated rings. The Morgan fingerprint density at radius 1 is 0.964 bits per heavy atom. The number of carbonyl (C=O) groups is 2. The van der Waals surface area contributed by atoms with Gasteiger partial charge in [-0.05, 0) is 54.8 Å². The Morgan fingerprint density at radius 2 is 1.68 bits per heavy atom. The third-order valence-corrected chi connectivity index (χ3v) is 4.34. The van der Waals surface area contributed by atoms with Crippen LogP contribution in [0.15, 0.2) is 72.8 Å². The van der Waals surface area contributed by atoms with Gasteiger partial charge in [0, 0.05) is 5.56 Å². The maximum Gasteiger partial charge on any atom is 0.255 e. The quantitative estimate of drug-likeness (QED) is 0.349. The predicted octanol–water partition coefficient (Wildman–Crippen LogP) is 4.35. The number of nitrogens with one attached hydrogen (secondary N) is 1. The molecule has 0 aromatic heterocycles. The van der Waals surface area contributed by atoms with Crippen LogP contribution in [-0.2, 0) is 6.42 Å². The van der Waals surface area contributed by atoms with E-state index in [2.05, 4.69) is 5.32 Å². The Balaban J connectivity index is 1.49. The van der Waals surface area contributed by atoms with Gasteiger partial charge in [-0.2, -0.15) is 0 Å². The van der Waals surface area contributed by atoms with Gasteiger partial charge in [-0.15, -0.1) is 0 Å². The summed E-state index contributed by atoms with van der Waals surface area (Å²) in [5, 5.41) is 2.81. The van der Waals surface area contributed by atoms with Crippen molar-refractivity contribution in [3.8, 4) is 5.75 Å². The van der Waals surface area contributed by atoms with Crippen molar-refractivity contribution in [3.63, 3.8) is 0 Å². The number of nitrogen functional groups attached to an aromatic ring is 1. The number of carbonyl (C=O) groups excluding carboxylic acids is 2. The third kappa shape index (κ3) is 4.98. The number of anilines is 2. The van der Waals surface area contributed by atoms with Crippen molar-refractivity contribution in [2.45, 2.75) is 12.8 Å². The molecule has 0 bridgehead atoms. The first-order valence-electron chi connectivity index (χ1n) is 9.09. The Hall–Kier alpha value is -3.60. The second kappa shape index (κ2) is 9.37. The zero-order chi connectivity index (χ0) is 19.8. The molecule has 0 saturated heterocycles. The molecule has 0 aliphatic carbocycles. The number of aldehydes is 1. The van der Waals surface area contributed by atoms with Gasteiger partial charge in [-0.1, -0.05) is 36.4 Å². The van der Waals surface area contributed by atoms with Crippen LogP contribution < -0.4 is 15.8 Å². The van der Waals surface area contributed by atoms with E-state index in [-0.39, 0.29) is 5.91 Å². The SMILES string of the molecule is Nc1ccccc1NC(=O)c1ccc(CCCOc2ccccc2C=O)cc1. The Labute approximate surface area is 164 Å². The van der Waals surface area contributed by atoms with Gasteiger partial charge >= 0.3 is 0 Å². The summed E-state index contributed by atoms with van der Waals surface area (Å²) in [4.78, 5) is 23.3. The van der Waals surface area contributed by atoms with Gasteiger partial charge in [0.05, 0.1) is 23.5 Å². The van der Waals surface area contributed by atoms with Crippen molar-refractivity contribution in [1.29, 1.82) is 0 Å². The minimum atomic E-state index is -0.196. The fourth-order valence-electron chi connectivity index (χ4n) is 2.80. The van der Waals surface area contributed by atoms with E-state index in [0.717, 1.165) is 24.7 Å². The summed E-state index contributed by atoms with van der Waals surface area (Å²) in [6.45, 7) is 0.514. The van der Waals surface area contributed by atoms with Crippen LogP contribution in [0.1, 0.15) is 32.7 Å². The molecule has 28 heavy (non-hydrogen) atoms. The topological polar surface area (TPSA) is 81.4 Å². The number of benzene rings is 3. The zero-order valence-corrected chi connectivity index (χ0v) is 15.4. The van der Waals surface area contributed by atoms with Crippen LogP contribution in [0.25, 0.3) is 0 Å². The largest absolute Gasteiger partial charge is 0.493 e. The zero-order valence-electron chi connectivity index (χ0n) is 15.4. The monoisotopic (exact) mass is 374 g/mol. The summed E-state index contributed by atoms with van der Waals surface area (Å²) < 4.78 is 5.68. The number of aryl methyl sites for hydroxylation is 1. The van der Waals surface area contributed by atoms with E-state index in [0.29, 0.717) is 34.9 Å². The highest BCUT2D eigenvalue weighted by Gasteiger charge is 2.08. The van der Waals surface area contributed by atoms with Gasteiger partial charge in [0.25, 0.3) is 5.91 Å². The number of hydrogen-bond donors (Lipinski definition) is 2. The second-order valence-corrected chi connectivity index (χ2v) is 6.35. The van der Waals surface area contributed by atoms with E-state index in [1.807, 2.05) is 30.3 Å². The molecule has 0 atom stereocenters. The molecule has 0 aliphatic heterocycles. The molecule has 3 aromatic rings. The van der Waals surface area contributed by atoms with E-state index in [1.54, 1.807) is 42.5 Å². The molecular weight excluding hydrogens is 352 g/mol. The van der Waals surface area contributed by atoms with Crippen LogP contribution in [0.4, 0.5) is 11.4 Å². The predicted molar refractivity (Wildman–Crippen MR) is 111 cm³/mol. The average Bonchev–Trinajstić information content (AvgIpc) is 2.73. The normalized spacial score (nSPS) is 10.3. The molecule has 142 valence electrons. The van der Waals surface area contributed by atoms with Crippen LogP contribution in [0.2, 0.25) is 0 Å². The highest BCUT2D eigenvalue weighted by Crippen LogP contribution is 2.19. The van der Waals surface area contributed by atoms with Gasteiger partial charge in [0.2, 0.25) is 0 Å². The Kier molecular flexibility index (Phi) is 6.41. The van der Waals surface area contributed by atoms with Gasteiger partial charge in [0.15, 0.2) is 6.29 Å². The maximum absolute atomic E-state index is 12.3. The second-order valence-electron chi connectivity index (χ2n) is 6.35. The number of rotatable bonds is 8. The van der Waals surface area contributed by atoms with E-state index in [9.17, 15) is 9.59 Å². The summed E-state index contributed by atoms with van der Waals surface area (Å²) in [6.07, 6.45) is 2.41. The number of ether oxygens (including phenoxy) is 1. The molecule has 3 aromatic carbocycles. The molecule has 0 saturated carbocycles. The smallest absolute Gasteiger partial charge is 0.255 e. The lowest BCUT2D eigenvalue weighted by molar-refractivity contribution is 0.102. The highest BCUT2D eigenvalue weighted by atomic mass is 16.5. The molecule has 0 aliphatic rings. The lowest BCUT2D eigenvalue weighted by atomic mass is 10.1. The molecule has 0 spiro atoms. The number of hydrogen-bond acceptors (Lipinski definition) is 4. The van der Waals surface area contributed by atoms with E-state index >= 15 is 0 Å². The first-order chi connectivity index (χ1) is 13.7. The summed E-state index contributed by atoms with van der Waals surface area (Å²) in [5.41, 5.74) is 9.22. The molecule has 5 heteroatoms. The number of para-hydroxylation sites is 3. The molecule has 0 unspecified atom stereocenters. The van der Waals surface area contributed by atoms with E-state index < -0.39 is 0 Å². The van der Waals surface area contributed by atoms with Crippen molar-refractivity contribution in [2.75, 3.05) is 17.7 Å². The van der Waals surface area contributed by atoms with E-state index in [4.69, 9.17) is 10.5 Å². The van der Waals surface area contributed by atoms with Crippen molar-refractivity contribution < 1.29 is 14.3 Å². The van der Waals surface area contributed by atoms with Gasteiger partial charge in [-0.25, -0.2) is 0 Å². The van der Waals surface area contributed by atoms with Crippen molar-refractivity contribution >= 4 is 23.6 Å². The summed E-state index contributed by atoms with van der Waals surface area (Å²) >= 11 is 0. The van der Waals surface area contributed by atoms with Crippen molar-refractivity contribution in [3.05, 3.63) is 89.5 Å². The Morgan fingerprint density at radius 3 is 2.43 bits per heavy atom. The first-order valence-corrected chi connectivity index (χ1v) is 9.09. The standard InChI is InChI=1S/C23H22N2O3/c24-20-8-2-3-9-21(20)25-23(27)18-13-11-17(12-14-18)6-5-15-28-22-10-4-1-7-19(22)16-26/h1-4,7-14,16H,5-6,15,24H2,(H,25,27). The lowest BCUT2D eigenvalue weighted by Gasteiger charge is -2.09. The summed E-state index contributed by atoms with van der Waals surface area (Å²) in [6, 6.07) is 21.8. The van der Waals surface area contributed by atoms with Crippen LogP contribution in [0.3, 0.4) is 0 Å². The molecule has 3 rings (SSSR count). The fourth-order valence-corrected chi connectivity index (χ4v) is 2.80. The highest BCUT2D eigenvalue weighted by molar-refractivity contribution is 6.05. The lowest BCUT2D eigenvalue weighted by Crippen LogP contribution is -2.13. The van der Waals surface area contributed by atoms with Crippen LogP contribution in [0, 0.1) is 0 Å². The van der Waals surface area contributed by atoms with Crippen LogP contribution >= 0.6 is 0 Å². The van der Waals surface area contributed by atoms with Crippen LogP contribution in [0.5, 0.6) is 5.75 Å². The fraction of sp³-hybridized carbons (Fsp3) is 0.130. The average molecular weight is 374 g/mol. The molecule has 0 heterocycles. The minimum Gasteiger partial charge on any atom is -0.493 e. The number of amides is 1. The molecule has 3 N–H and O–H groups in total. The van der Waals surface area contributed by atoms with Gasteiger partial charge in [0.1, 0.15) is 5.75 Å². The van der Waals surface area contributed by atoms with Gasteiger partial charge < -0.3 is 15.8 Å². The molecule has 1 amide bonds. The Bertz CT molecular complexity index is 952. The van der Waals surface area contributed by atoms with Crippen molar-refractivity contribution in [2.24, 2.45) is 0 Å². The minimum absolute atomic E-state index is 0.196.